The summed E-state index contributed by atoms with van der Waals surface area (Å²) in [6.07, 6.45) is 4.23. The summed E-state index contributed by atoms with van der Waals surface area (Å²) in [7, 11) is 0. The monoisotopic (exact) mass is 205 g/mol. The molecule has 1 aliphatic heterocycles. The van der Waals surface area contributed by atoms with Crippen LogP contribution in [-0.4, -0.2) is 29.4 Å². The molecule has 2 heteroatoms. The lowest BCUT2D eigenvalue weighted by Gasteiger charge is -2.32. The highest BCUT2D eigenvalue weighted by Crippen LogP contribution is 2.15. The maximum absolute atomic E-state index is 3.47. The number of hydrogen-bond donors (Lipinski definition) is 0. The van der Waals surface area contributed by atoms with Crippen LogP contribution in [-0.2, 0) is 0 Å². The molecule has 0 radical (unpaired) electrons. The molecule has 0 aliphatic carbocycles. The molecule has 1 heterocycles. The summed E-state index contributed by atoms with van der Waals surface area (Å²) in [6.45, 7) is 4.87. The van der Waals surface area contributed by atoms with E-state index in [1.54, 1.807) is 0 Å². The Kier molecular flexibility index (Phi) is 3.71. The highest BCUT2D eigenvalue weighted by atomic mass is 79.9. The maximum atomic E-state index is 3.47. The van der Waals surface area contributed by atoms with Crippen molar-refractivity contribution in [1.82, 2.24) is 4.90 Å². The lowest BCUT2D eigenvalue weighted by atomic mass is 10.0. The largest absolute Gasteiger partial charge is 0.300 e. The third kappa shape index (κ3) is 2.24. The molecule has 0 aromatic rings. The molecule has 1 atom stereocenters. The van der Waals surface area contributed by atoms with Gasteiger partial charge in [-0.3, -0.25) is 4.90 Å². The van der Waals surface area contributed by atoms with Gasteiger partial charge >= 0.3 is 0 Å². The van der Waals surface area contributed by atoms with Crippen LogP contribution in [0.25, 0.3) is 0 Å². The molecule has 1 rings (SSSR count). The van der Waals surface area contributed by atoms with Gasteiger partial charge in [-0.05, 0) is 26.3 Å². The molecule has 0 amide bonds. The van der Waals surface area contributed by atoms with Gasteiger partial charge in [-0.15, -0.1) is 0 Å². The van der Waals surface area contributed by atoms with Gasteiger partial charge in [0.05, 0.1) is 0 Å². The van der Waals surface area contributed by atoms with Crippen LogP contribution in [0.1, 0.15) is 26.2 Å². The van der Waals surface area contributed by atoms with E-state index in [0.29, 0.717) is 0 Å². The molecule has 1 fully saturated rings. The summed E-state index contributed by atoms with van der Waals surface area (Å²) in [5.41, 5.74) is 0. The molecule has 0 aromatic carbocycles. The van der Waals surface area contributed by atoms with Crippen LogP contribution >= 0.6 is 15.9 Å². The third-order valence-electron chi connectivity index (χ3n) is 2.31. The van der Waals surface area contributed by atoms with Gasteiger partial charge in [-0.1, -0.05) is 22.4 Å². The van der Waals surface area contributed by atoms with Crippen molar-refractivity contribution in [2.45, 2.75) is 32.2 Å². The van der Waals surface area contributed by atoms with E-state index in [1.807, 2.05) is 0 Å². The molecule has 60 valence electrons. The maximum Gasteiger partial charge on any atom is 0.0159 e. The van der Waals surface area contributed by atoms with Crippen LogP contribution in [0, 0.1) is 0 Å². The summed E-state index contributed by atoms with van der Waals surface area (Å²) >= 11 is 3.47. The second-order valence-electron chi connectivity index (χ2n) is 3.07. The second-order valence-corrected chi connectivity index (χ2v) is 3.86. The predicted molar refractivity (Wildman–Crippen MR) is 48.7 cm³/mol. The number of piperidine rings is 1. The molecule has 0 saturated carbocycles. The van der Waals surface area contributed by atoms with Crippen molar-refractivity contribution in [3.8, 4) is 0 Å². The number of rotatable bonds is 2. The first-order valence-electron chi connectivity index (χ1n) is 4.14. The first-order chi connectivity index (χ1) is 4.84. The molecule has 1 aliphatic rings. The Morgan fingerprint density at radius 2 is 2.30 bits per heavy atom. The topological polar surface area (TPSA) is 3.24 Å². The van der Waals surface area contributed by atoms with Gasteiger partial charge in [0.2, 0.25) is 0 Å². The van der Waals surface area contributed by atoms with Crippen molar-refractivity contribution in [2.24, 2.45) is 0 Å². The van der Waals surface area contributed by atoms with E-state index in [4.69, 9.17) is 0 Å². The van der Waals surface area contributed by atoms with Crippen LogP contribution in [0.4, 0.5) is 0 Å². The molecule has 0 N–H and O–H groups in total. The molecule has 0 spiro atoms. The summed E-state index contributed by atoms with van der Waals surface area (Å²) in [6, 6.07) is 0.825. The van der Waals surface area contributed by atoms with Crippen LogP contribution in [0.3, 0.4) is 0 Å². The molecular formula is C8H16BrN. The first kappa shape index (κ1) is 8.54. The van der Waals surface area contributed by atoms with E-state index in [0.717, 1.165) is 11.4 Å². The van der Waals surface area contributed by atoms with Crippen molar-refractivity contribution >= 4 is 15.9 Å². The fraction of sp³-hybridized carbons (Fsp3) is 1.00. The van der Waals surface area contributed by atoms with E-state index in [9.17, 15) is 0 Å². The zero-order valence-corrected chi connectivity index (χ0v) is 8.23. The Morgan fingerprint density at radius 3 is 2.90 bits per heavy atom. The summed E-state index contributed by atoms with van der Waals surface area (Å²) in [5, 5.41) is 1.12. The van der Waals surface area contributed by atoms with Gasteiger partial charge in [-0.25, -0.2) is 0 Å². The van der Waals surface area contributed by atoms with Gasteiger partial charge in [0, 0.05) is 17.9 Å². The van der Waals surface area contributed by atoms with E-state index < -0.39 is 0 Å². The molecule has 1 unspecified atom stereocenters. The van der Waals surface area contributed by atoms with E-state index in [-0.39, 0.29) is 0 Å². The quantitative estimate of drug-likeness (QED) is 0.626. The number of hydrogen-bond acceptors (Lipinski definition) is 1. The fourth-order valence-electron chi connectivity index (χ4n) is 1.60. The zero-order chi connectivity index (χ0) is 7.40. The highest BCUT2D eigenvalue weighted by Gasteiger charge is 2.16. The Morgan fingerprint density at radius 1 is 1.50 bits per heavy atom. The average Bonchev–Trinajstić information content (AvgIpc) is 1.94. The molecule has 1 nitrogen and oxygen atoms in total. The minimum Gasteiger partial charge on any atom is -0.300 e. The van der Waals surface area contributed by atoms with Crippen LogP contribution < -0.4 is 0 Å². The standard InChI is InChI=1S/C8H16BrN/c1-8-4-2-3-6-10(8)7-5-9/h8H,2-7H2,1H3. The van der Waals surface area contributed by atoms with Crippen LogP contribution in [0.15, 0.2) is 0 Å². The Bertz CT molecular complexity index is 93.3. The van der Waals surface area contributed by atoms with Crippen molar-refractivity contribution in [3.05, 3.63) is 0 Å². The number of likely N-dealkylation sites (tertiary alicyclic amines) is 1. The molecule has 0 bridgehead atoms. The smallest absolute Gasteiger partial charge is 0.0159 e. The summed E-state index contributed by atoms with van der Waals surface area (Å²) in [4.78, 5) is 2.57. The molecular weight excluding hydrogens is 190 g/mol. The second kappa shape index (κ2) is 4.35. The van der Waals surface area contributed by atoms with Gasteiger partial charge in [0.25, 0.3) is 0 Å². The lowest BCUT2D eigenvalue weighted by molar-refractivity contribution is 0.171. The Hall–Kier alpha value is 0.440. The van der Waals surface area contributed by atoms with Crippen molar-refractivity contribution in [1.29, 1.82) is 0 Å². The average molecular weight is 206 g/mol. The van der Waals surface area contributed by atoms with Crippen molar-refractivity contribution in [3.63, 3.8) is 0 Å². The Balaban J connectivity index is 2.25. The molecule has 0 aromatic heterocycles. The summed E-state index contributed by atoms with van der Waals surface area (Å²) in [5.74, 6) is 0. The predicted octanol–water partition coefficient (Wildman–Crippen LogP) is 2.26. The van der Waals surface area contributed by atoms with Gasteiger partial charge in [-0.2, -0.15) is 0 Å². The first-order valence-corrected chi connectivity index (χ1v) is 5.26. The van der Waals surface area contributed by atoms with Gasteiger partial charge in [0.15, 0.2) is 0 Å². The minimum absolute atomic E-state index is 0.825. The van der Waals surface area contributed by atoms with E-state index in [1.165, 1.54) is 32.4 Å². The van der Waals surface area contributed by atoms with E-state index >= 15 is 0 Å². The van der Waals surface area contributed by atoms with Crippen molar-refractivity contribution in [2.75, 3.05) is 18.4 Å². The minimum atomic E-state index is 0.825. The highest BCUT2D eigenvalue weighted by molar-refractivity contribution is 9.09. The van der Waals surface area contributed by atoms with Crippen LogP contribution in [0.5, 0.6) is 0 Å². The van der Waals surface area contributed by atoms with Crippen molar-refractivity contribution < 1.29 is 0 Å². The lowest BCUT2D eigenvalue weighted by Crippen LogP contribution is -2.38. The Labute approximate surface area is 71.9 Å². The third-order valence-corrected chi connectivity index (χ3v) is 2.67. The summed E-state index contributed by atoms with van der Waals surface area (Å²) < 4.78 is 0. The number of halogens is 1. The SMILES string of the molecule is CC1CCCCN1CCBr. The van der Waals surface area contributed by atoms with Gasteiger partial charge < -0.3 is 0 Å². The van der Waals surface area contributed by atoms with Gasteiger partial charge in [0.1, 0.15) is 0 Å². The number of nitrogens with zero attached hydrogens (tertiary/aromatic N) is 1. The van der Waals surface area contributed by atoms with Crippen LogP contribution in [0.2, 0.25) is 0 Å². The fourth-order valence-corrected chi connectivity index (χ4v) is 2.05. The van der Waals surface area contributed by atoms with E-state index in [2.05, 4.69) is 27.8 Å². The normalized spacial score (nSPS) is 28.8. The number of alkyl halides is 1. The molecule has 1 saturated heterocycles. The molecule has 10 heavy (non-hydrogen) atoms. The zero-order valence-electron chi connectivity index (χ0n) is 6.65.